The zero-order valence-electron chi connectivity index (χ0n) is 28.7. The second-order valence-corrected chi connectivity index (χ2v) is 15.4. The predicted molar refractivity (Wildman–Crippen MR) is 177 cm³/mol. The maximum atomic E-state index is 15.2. The molecule has 45 heavy (non-hydrogen) atoms. The number of amides is 3. The molecule has 3 heterocycles. The lowest BCUT2D eigenvalue weighted by Crippen LogP contribution is -2.61. The standard InChI is InChI=1S/C37H55N3O5/c1-11-19-38(20-12-2)31(42)28-29-32(43)40(27(23-41)26-17-15-14-16-18-26)30(37(29)22-25(4)36(28,10)45-37)33(44)39(21-13-3)35(8,9)24-34(5,6)7/h11,13-18,25,27-30,41H,1,3,12,19-24H2,2,4-10H3/t25?,27-,28-,29+,30?,36+,37?/m1/s1. The number of ether oxygens (including phenoxy) is 1. The molecule has 0 radical (unpaired) electrons. The van der Waals surface area contributed by atoms with E-state index in [0.29, 0.717) is 25.9 Å². The average molecular weight is 622 g/mol. The number of hydrogen-bond acceptors (Lipinski definition) is 5. The summed E-state index contributed by atoms with van der Waals surface area (Å²) < 4.78 is 7.04. The van der Waals surface area contributed by atoms with Crippen molar-refractivity contribution < 1.29 is 24.2 Å². The SMILES string of the molecule is C=CCN(CCC)C(=O)[C@H]1[C@H]2C(=O)N([C@H](CO)c3ccccc3)C(C(=O)N(CC=C)C(C)(C)CC(C)(C)C)C23CC(C)[C@]1(C)O3. The van der Waals surface area contributed by atoms with Gasteiger partial charge in [0.05, 0.1) is 30.1 Å². The van der Waals surface area contributed by atoms with Crippen molar-refractivity contribution in [2.45, 2.75) is 103 Å². The summed E-state index contributed by atoms with van der Waals surface area (Å²) in [5.74, 6) is -2.42. The quantitative estimate of drug-likeness (QED) is 0.299. The normalized spacial score (nSPS) is 29.8. The minimum atomic E-state index is -1.23. The van der Waals surface area contributed by atoms with Gasteiger partial charge in [0.1, 0.15) is 11.6 Å². The molecule has 3 saturated heterocycles. The fourth-order valence-electron chi connectivity index (χ4n) is 8.92. The molecule has 8 heteroatoms. The second kappa shape index (κ2) is 12.7. The van der Waals surface area contributed by atoms with Crippen molar-refractivity contribution in [3.63, 3.8) is 0 Å². The highest BCUT2D eigenvalue weighted by molar-refractivity contribution is 6.00. The summed E-state index contributed by atoms with van der Waals surface area (Å²) in [5.41, 5.74) is -2.10. The van der Waals surface area contributed by atoms with Crippen molar-refractivity contribution >= 4 is 17.7 Å². The molecular weight excluding hydrogens is 566 g/mol. The molecule has 0 aromatic heterocycles. The van der Waals surface area contributed by atoms with E-state index in [1.165, 1.54) is 0 Å². The van der Waals surface area contributed by atoms with Crippen LogP contribution in [0, 0.1) is 23.2 Å². The number of rotatable bonds is 13. The molecule has 1 aromatic carbocycles. The van der Waals surface area contributed by atoms with Gasteiger partial charge in [-0.25, -0.2) is 0 Å². The molecule has 1 spiro atoms. The van der Waals surface area contributed by atoms with Gasteiger partial charge >= 0.3 is 0 Å². The first-order valence-electron chi connectivity index (χ1n) is 16.5. The molecule has 3 unspecified atom stereocenters. The smallest absolute Gasteiger partial charge is 0.249 e. The van der Waals surface area contributed by atoms with E-state index >= 15 is 4.79 Å². The van der Waals surface area contributed by atoms with Crippen LogP contribution in [0.4, 0.5) is 0 Å². The third kappa shape index (κ3) is 5.89. The molecule has 2 bridgehead atoms. The van der Waals surface area contributed by atoms with Crippen LogP contribution < -0.4 is 0 Å². The maximum absolute atomic E-state index is 15.2. The Balaban J connectivity index is 1.93. The Hall–Kier alpha value is -2.97. The number of nitrogens with zero attached hydrogens (tertiary/aromatic N) is 3. The third-order valence-electron chi connectivity index (χ3n) is 10.4. The number of aliphatic hydroxyl groups excluding tert-OH is 1. The number of hydrogen-bond donors (Lipinski definition) is 1. The van der Waals surface area contributed by atoms with E-state index in [0.717, 1.165) is 12.0 Å². The van der Waals surface area contributed by atoms with Crippen LogP contribution in [0.25, 0.3) is 0 Å². The Bertz CT molecular complexity index is 1290. The Morgan fingerprint density at radius 1 is 1.11 bits per heavy atom. The van der Waals surface area contributed by atoms with Gasteiger partial charge in [0.2, 0.25) is 17.7 Å². The van der Waals surface area contributed by atoms with Crippen molar-refractivity contribution in [1.29, 1.82) is 0 Å². The molecule has 3 aliphatic heterocycles. The summed E-state index contributed by atoms with van der Waals surface area (Å²) in [6.07, 6.45) is 5.36. The van der Waals surface area contributed by atoms with Gasteiger partial charge in [-0.1, -0.05) is 77.1 Å². The van der Waals surface area contributed by atoms with E-state index in [4.69, 9.17) is 4.74 Å². The van der Waals surface area contributed by atoms with E-state index in [1.54, 1.807) is 22.0 Å². The topological polar surface area (TPSA) is 90.4 Å². The summed E-state index contributed by atoms with van der Waals surface area (Å²) in [7, 11) is 0. The fraction of sp³-hybridized carbons (Fsp3) is 0.649. The first kappa shape index (κ1) is 34.9. The summed E-state index contributed by atoms with van der Waals surface area (Å²) >= 11 is 0. The monoisotopic (exact) mass is 621 g/mol. The van der Waals surface area contributed by atoms with Gasteiger partial charge in [0, 0.05) is 25.2 Å². The van der Waals surface area contributed by atoms with E-state index in [2.05, 4.69) is 54.7 Å². The van der Waals surface area contributed by atoms with Gasteiger partial charge in [-0.05, 0) is 56.9 Å². The number of carbonyl (C=O) groups is 3. The zero-order valence-corrected chi connectivity index (χ0v) is 28.7. The minimum Gasteiger partial charge on any atom is -0.394 e. The summed E-state index contributed by atoms with van der Waals surface area (Å²) in [6.45, 7) is 25.2. The Morgan fingerprint density at radius 2 is 1.73 bits per heavy atom. The highest BCUT2D eigenvalue weighted by Gasteiger charge is 2.80. The Kier molecular flexibility index (Phi) is 9.83. The van der Waals surface area contributed by atoms with E-state index < -0.39 is 40.7 Å². The van der Waals surface area contributed by atoms with Crippen LogP contribution in [0.15, 0.2) is 55.6 Å². The second-order valence-electron chi connectivity index (χ2n) is 15.4. The molecule has 0 aliphatic carbocycles. The first-order chi connectivity index (χ1) is 21.0. The van der Waals surface area contributed by atoms with Gasteiger partial charge < -0.3 is 24.5 Å². The molecule has 0 saturated carbocycles. The van der Waals surface area contributed by atoms with Crippen LogP contribution in [-0.4, -0.2) is 86.6 Å². The van der Waals surface area contributed by atoms with Gasteiger partial charge in [-0.15, -0.1) is 13.2 Å². The summed E-state index contributed by atoms with van der Waals surface area (Å²) in [4.78, 5) is 49.8. The first-order valence-corrected chi connectivity index (χ1v) is 16.5. The lowest BCUT2D eigenvalue weighted by Gasteiger charge is -2.46. The van der Waals surface area contributed by atoms with Gasteiger partial charge in [-0.3, -0.25) is 14.4 Å². The van der Waals surface area contributed by atoms with Crippen molar-refractivity contribution in [3.8, 4) is 0 Å². The summed E-state index contributed by atoms with van der Waals surface area (Å²) in [6, 6.07) is 7.51. The van der Waals surface area contributed by atoms with Crippen molar-refractivity contribution in [3.05, 3.63) is 61.2 Å². The van der Waals surface area contributed by atoms with Gasteiger partial charge in [-0.2, -0.15) is 0 Å². The molecule has 7 atom stereocenters. The van der Waals surface area contributed by atoms with Crippen LogP contribution in [0.5, 0.6) is 0 Å². The largest absolute Gasteiger partial charge is 0.394 e. The number of likely N-dealkylation sites (tertiary alicyclic amines) is 1. The fourth-order valence-corrected chi connectivity index (χ4v) is 8.92. The predicted octanol–water partition coefficient (Wildman–Crippen LogP) is 5.38. The lowest BCUT2D eigenvalue weighted by molar-refractivity contribution is -0.161. The van der Waals surface area contributed by atoms with Crippen molar-refractivity contribution in [2.24, 2.45) is 23.2 Å². The van der Waals surface area contributed by atoms with Gasteiger partial charge in [0.15, 0.2) is 0 Å². The molecule has 3 aliphatic rings. The number of carbonyl (C=O) groups excluding carboxylic acids is 3. The van der Waals surface area contributed by atoms with Crippen LogP contribution in [0.1, 0.15) is 86.3 Å². The highest BCUT2D eigenvalue weighted by Crippen LogP contribution is 2.66. The molecular formula is C37H55N3O5. The minimum absolute atomic E-state index is 0.0808. The van der Waals surface area contributed by atoms with E-state index in [9.17, 15) is 14.7 Å². The van der Waals surface area contributed by atoms with E-state index in [1.807, 2.05) is 49.1 Å². The van der Waals surface area contributed by atoms with Crippen LogP contribution in [0.2, 0.25) is 0 Å². The van der Waals surface area contributed by atoms with Crippen molar-refractivity contribution in [2.75, 3.05) is 26.2 Å². The average Bonchev–Trinajstić information content (AvgIpc) is 3.47. The lowest BCUT2D eigenvalue weighted by atomic mass is 9.62. The molecule has 248 valence electrons. The highest BCUT2D eigenvalue weighted by atomic mass is 16.5. The Labute approximate surface area is 270 Å². The number of benzene rings is 1. The number of aliphatic hydroxyl groups is 1. The molecule has 4 rings (SSSR count). The zero-order chi connectivity index (χ0) is 33.5. The molecule has 1 N–H and O–H groups in total. The van der Waals surface area contributed by atoms with Crippen molar-refractivity contribution in [1.82, 2.24) is 14.7 Å². The van der Waals surface area contributed by atoms with Crippen LogP contribution >= 0.6 is 0 Å². The van der Waals surface area contributed by atoms with Crippen LogP contribution in [-0.2, 0) is 19.1 Å². The molecule has 3 fully saturated rings. The summed E-state index contributed by atoms with van der Waals surface area (Å²) in [5, 5.41) is 10.9. The maximum Gasteiger partial charge on any atom is 0.249 e. The molecule has 8 nitrogen and oxygen atoms in total. The van der Waals surface area contributed by atoms with Gasteiger partial charge in [0.25, 0.3) is 0 Å². The number of fused-ring (bicyclic) bond motifs is 1. The van der Waals surface area contributed by atoms with Crippen LogP contribution in [0.3, 0.4) is 0 Å². The third-order valence-corrected chi connectivity index (χ3v) is 10.4. The van der Waals surface area contributed by atoms with E-state index in [-0.39, 0.29) is 42.2 Å². The molecule has 1 aromatic rings. The Morgan fingerprint density at radius 3 is 2.27 bits per heavy atom. The molecule has 3 amide bonds.